The Morgan fingerprint density at radius 1 is 1.06 bits per heavy atom. The fraction of sp³-hybridized carbons (Fsp3) is 0.292. The van der Waals surface area contributed by atoms with E-state index in [-0.39, 0.29) is 35.4 Å². The molecule has 0 saturated heterocycles. The maximum Gasteiger partial charge on any atom is 0.420 e. The number of primary sulfonamides is 1. The quantitative estimate of drug-likeness (QED) is 0.272. The van der Waals surface area contributed by atoms with Crippen molar-refractivity contribution < 1.29 is 31.1 Å². The van der Waals surface area contributed by atoms with Gasteiger partial charge in [-0.3, -0.25) is 4.79 Å². The van der Waals surface area contributed by atoms with Crippen LogP contribution >= 0.6 is 11.3 Å². The molecule has 3 rings (SSSR count). The van der Waals surface area contributed by atoms with Gasteiger partial charge in [-0.1, -0.05) is 31.9 Å². The molecule has 0 fully saturated rings. The van der Waals surface area contributed by atoms with Gasteiger partial charge in [0.05, 0.1) is 26.9 Å². The molecule has 3 aromatic rings. The summed E-state index contributed by atoms with van der Waals surface area (Å²) < 4.78 is 68.7. The monoisotopic (exact) mass is 541 g/mol. The highest BCUT2D eigenvalue weighted by molar-refractivity contribution is 7.89. The number of nitrogens with one attached hydrogen (secondary N) is 2. The summed E-state index contributed by atoms with van der Waals surface area (Å²) in [5.74, 6) is -0.595. The molecule has 0 atom stereocenters. The lowest BCUT2D eigenvalue weighted by Crippen LogP contribution is -2.21. The molecule has 0 unspecified atom stereocenters. The summed E-state index contributed by atoms with van der Waals surface area (Å²) in [6.45, 7) is 2.36. The van der Waals surface area contributed by atoms with Gasteiger partial charge in [0.15, 0.2) is 0 Å². The molecular formula is C24H26F3N3O4S2. The number of benzene rings is 2. The van der Waals surface area contributed by atoms with E-state index in [2.05, 4.69) is 10.6 Å². The van der Waals surface area contributed by atoms with Crippen LogP contribution in [0.15, 0.2) is 59.5 Å². The predicted molar refractivity (Wildman–Crippen MR) is 133 cm³/mol. The van der Waals surface area contributed by atoms with Crippen LogP contribution in [0.4, 0.5) is 23.9 Å². The number of hydrogen-bond acceptors (Lipinski definition) is 6. The minimum Gasteiger partial charge on any atom is -0.493 e. The number of carbonyl (C=O) groups is 1. The number of amides is 1. The van der Waals surface area contributed by atoms with E-state index in [0.717, 1.165) is 30.2 Å². The summed E-state index contributed by atoms with van der Waals surface area (Å²) in [5, 5.41) is 11.2. The largest absolute Gasteiger partial charge is 0.493 e. The van der Waals surface area contributed by atoms with Gasteiger partial charge in [-0.15, -0.1) is 11.3 Å². The molecule has 0 bridgehead atoms. The lowest BCUT2D eigenvalue weighted by Gasteiger charge is -2.15. The summed E-state index contributed by atoms with van der Waals surface area (Å²) >= 11 is 1.08. The van der Waals surface area contributed by atoms with Gasteiger partial charge in [0.1, 0.15) is 5.75 Å². The second-order valence-electron chi connectivity index (χ2n) is 7.92. The van der Waals surface area contributed by atoms with E-state index >= 15 is 0 Å². The number of rotatable bonds is 11. The number of thiophene rings is 1. The van der Waals surface area contributed by atoms with Crippen molar-refractivity contribution in [1.29, 1.82) is 0 Å². The van der Waals surface area contributed by atoms with Crippen LogP contribution in [0.5, 0.6) is 5.75 Å². The zero-order chi connectivity index (χ0) is 26.3. The van der Waals surface area contributed by atoms with Crippen LogP contribution < -0.4 is 20.5 Å². The first-order valence-electron chi connectivity index (χ1n) is 11.1. The molecular weight excluding hydrogens is 515 g/mol. The Morgan fingerprint density at radius 2 is 1.78 bits per heavy atom. The fourth-order valence-corrected chi connectivity index (χ4v) is 4.58. The zero-order valence-corrected chi connectivity index (χ0v) is 21.0. The maximum absolute atomic E-state index is 13.6. The van der Waals surface area contributed by atoms with E-state index in [1.165, 1.54) is 36.4 Å². The van der Waals surface area contributed by atoms with Crippen LogP contribution in [0, 0.1) is 0 Å². The third-order valence-electron chi connectivity index (χ3n) is 5.09. The molecule has 0 radical (unpaired) electrons. The topological polar surface area (TPSA) is 111 Å². The van der Waals surface area contributed by atoms with E-state index in [9.17, 15) is 26.4 Å². The Balaban J connectivity index is 1.63. The lowest BCUT2D eigenvalue weighted by atomic mass is 10.1. The molecule has 194 valence electrons. The van der Waals surface area contributed by atoms with Crippen LogP contribution in [-0.4, -0.2) is 20.9 Å². The number of carbonyl (C=O) groups excluding carboxylic acids is 1. The van der Waals surface area contributed by atoms with Crippen LogP contribution in [0.2, 0.25) is 0 Å². The second kappa shape index (κ2) is 11.8. The number of anilines is 2. The molecule has 1 aromatic heterocycles. The molecule has 2 aromatic carbocycles. The fourth-order valence-electron chi connectivity index (χ4n) is 3.23. The number of sulfonamides is 1. The van der Waals surface area contributed by atoms with Crippen molar-refractivity contribution in [2.24, 2.45) is 5.14 Å². The van der Waals surface area contributed by atoms with Crippen molar-refractivity contribution >= 4 is 38.0 Å². The first-order valence-corrected chi connectivity index (χ1v) is 13.4. The molecule has 0 aliphatic rings. The van der Waals surface area contributed by atoms with Crippen molar-refractivity contribution in [3.63, 3.8) is 0 Å². The molecule has 0 spiro atoms. The summed E-state index contributed by atoms with van der Waals surface area (Å²) in [6, 6.07) is 12.7. The van der Waals surface area contributed by atoms with Gasteiger partial charge in [0.2, 0.25) is 10.0 Å². The molecule has 1 heterocycles. The Bertz CT molecular complexity index is 1290. The van der Waals surface area contributed by atoms with Crippen LogP contribution in [0.3, 0.4) is 0 Å². The summed E-state index contributed by atoms with van der Waals surface area (Å²) in [4.78, 5) is 12.8. The highest BCUT2D eigenvalue weighted by Gasteiger charge is 2.34. The summed E-state index contributed by atoms with van der Waals surface area (Å²) in [6.07, 6.45) is -2.09. The van der Waals surface area contributed by atoms with Gasteiger partial charge in [-0.25, -0.2) is 13.6 Å². The second-order valence-corrected chi connectivity index (χ2v) is 10.6. The molecule has 12 heteroatoms. The van der Waals surface area contributed by atoms with Crippen molar-refractivity contribution in [2.75, 3.05) is 11.9 Å². The van der Waals surface area contributed by atoms with Gasteiger partial charge in [-0.05, 0) is 54.4 Å². The highest BCUT2D eigenvalue weighted by atomic mass is 32.2. The molecule has 0 aliphatic heterocycles. The Kier molecular flexibility index (Phi) is 8.98. The molecule has 7 nitrogen and oxygen atoms in total. The van der Waals surface area contributed by atoms with Crippen molar-refractivity contribution in [3.8, 4) is 5.75 Å². The summed E-state index contributed by atoms with van der Waals surface area (Å²) in [7, 11) is -3.80. The molecule has 1 amide bonds. The maximum atomic E-state index is 13.6. The Labute approximate surface area is 211 Å². The standard InChI is InChI=1S/C24H26F3N3O4S2/c1-2-3-4-13-34-20-10-7-17(14-19(20)24(25,26)27)30-22-12-11-21(35-22)23(31)29-15-16-5-8-18(9-6-16)36(28,32)33/h5-12,14,30H,2-4,13,15H2,1H3,(H,29,31)(H2,28,32,33). The van der Waals surface area contributed by atoms with E-state index in [4.69, 9.17) is 9.88 Å². The minimum atomic E-state index is -4.58. The smallest absolute Gasteiger partial charge is 0.420 e. The minimum absolute atomic E-state index is 0.0312. The Morgan fingerprint density at radius 3 is 2.42 bits per heavy atom. The number of ether oxygens (including phenoxy) is 1. The molecule has 0 aliphatic carbocycles. The van der Waals surface area contributed by atoms with E-state index in [1.54, 1.807) is 12.1 Å². The Hall–Kier alpha value is -3.09. The van der Waals surface area contributed by atoms with E-state index in [1.807, 2.05) is 6.92 Å². The average Bonchev–Trinajstić information content (AvgIpc) is 3.28. The molecule has 4 N–H and O–H groups in total. The number of hydrogen-bond donors (Lipinski definition) is 3. The van der Waals surface area contributed by atoms with Crippen molar-refractivity contribution in [3.05, 3.63) is 70.6 Å². The average molecular weight is 542 g/mol. The normalized spacial score (nSPS) is 11.8. The van der Waals surface area contributed by atoms with Crippen LogP contribution in [0.25, 0.3) is 0 Å². The van der Waals surface area contributed by atoms with E-state index in [0.29, 0.717) is 21.9 Å². The van der Waals surface area contributed by atoms with Gasteiger partial charge >= 0.3 is 6.18 Å². The number of alkyl halides is 3. The zero-order valence-electron chi connectivity index (χ0n) is 19.4. The van der Waals surface area contributed by atoms with Gasteiger partial charge in [-0.2, -0.15) is 13.2 Å². The van der Waals surface area contributed by atoms with Gasteiger partial charge in [0, 0.05) is 12.2 Å². The number of unbranched alkanes of at least 4 members (excludes halogenated alkanes) is 2. The lowest BCUT2D eigenvalue weighted by molar-refractivity contribution is -0.138. The van der Waals surface area contributed by atoms with Crippen molar-refractivity contribution in [1.82, 2.24) is 5.32 Å². The first-order chi connectivity index (χ1) is 17.0. The van der Waals surface area contributed by atoms with Gasteiger partial charge < -0.3 is 15.4 Å². The first kappa shape index (κ1) is 27.5. The summed E-state index contributed by atoms with van der Waals surface area (Å²) in [5.41, 5.74) is 0.0151. The SMILES string of the molecule is CCCCCOc1ccc(Nc2ccc(C(=O)NCc3ccc(S(N)(=O)=O)cc3)s2)cc1C(F)(F)F. The third kappa shape index (κ3) is 7.70. The van der Waals surface area contributed by atoms with Crippen molar-refractivity contribution in [2.45, 2.75) is 43.8 Å². The number of nitrogens with two attached hydrogens (primary N) is 1. The van der Waals surface area contributed by atoms with Crippen LogP contribution in [0.1, 0.15) is 47.0 Å². The van der Waals surface area contributed by atoms with Crippen LogP contribution in [-0.2, 0) is 22.7 Å². The molecule has 36 heavy (non-hydrogen) atoms. The third-order valence-corrected chi connectivity index (χ3v) is 7.02. The van der Waals surface area contributed by atoms with Gasteiger partial charge in [0.25, 0.3) is 5.91 Å². The highest BCUT2D eigenvalue weighted by Crippen LogP contribution is 2.39. The number of halogens is 3. The molecule has 0 saturated carbocycles. The van der Waals surface area contributed by atoms with E-state index < -0.39 is 21.8 Å². The predicted octanol–water partition coefficient (Wildman–Crippen LogP) is 5.66.